The lowest BCUT2D eigenvalue weighted by molar-refractivity contribution is 0.169. The Labute approximate surface area is 70.0 Å². The summed E-state index contributed by atoms with van der Waals surface area (Å²) in [5, 5.41) is 3.69. The van der Waals surface area contributed by atoms with Crippen molar-refractivity contribution in [1.82, 2.24) is 0 Å². The van der Waals surface area contributed by atoms with Crippen LogP contribution in [0.5, 0.6) is 0 Å². The Morgan fingerprint density at radius 3 is 2.82 bits per heavy atom. The van der Waals surface area contributed by atoms with Crippen molar-refractivity contribution in [3.63, 3.8) is 0 Å². The molecular weight excluding hydrogens is 161 g/mol. The molecule has 2 N–H and O–H groups in total. The van der Waals surface area contributed by atoms with Crippen LogP contribution in [0.3, 0.4) is 0 Å². The van der Waals surface area contributed by atoms with Crippen LogP contribution in [0.1, 0.15) is 18.9 Å². The van der Waals surface area contributed by atoms with Gasteiger partial charge in [-0.3, -0.25) is 0 Å². The summed E-state index contributed by atoms with van der Waals surface area (Å²) in [5.74, 6) is 0. The highest BCUT2D eigenvalue weighted by atomic mass is 32.1. The minimum absolute atomic E-state index is 0.0697. The third-order valence-corrected chi connectivity index (χ3v) is 2.61. The van der Waals surface area contributed by atoms with Gasteiger partial charge in [0, 0.05) is 12.1 Å². The van der Waals surface area contributed by atoms with E-state index in [1.165, 1.54) is 11.3 Å². The van der Waals surface area contributed by atoms with Crippen molar-refractivity contribution in [2.24, 2.45) is 5.73 Å². The number of nitrogens with two attached hydrogens (primary N) is 1. The smallest absolute Gasteiger partial charge is 0.148 e. The van der Waals surface area contributed by atoms with Crippen molar-refractivity contribution in [3.8, 4) is 0 Å². The summed E-state index contributed by atoms with van der Waals surface area (Å²) in [7, 11) is 0. The van der Waals surface area contributed by atoms with Gasteiger partial charge in [0.1, 0.15) is 5.67 Å². The molecule has 0 aliphatic carbocycles. The van der Waals surface area contributed by atoms with Gasteiger partial charge in [-0.15, -0.1) is 0 Å². The first-order chi connectivity index (χ1) is 5.23. The van der Waals surface area contributed by atoms with Gasteiger partial charge in [0.2, 0.25) is 0 Å². The summed E-state index contributed by atoms with van der Waals surface area (Å²) in [4.78, 5) is 0. The van der Waals surface area contributed by atoms with Crippen molar-refractivity contribution < 1.29 is 4.39 Å². The predicted octanol–water partition coefficient (Wildman–Crippen LogP) is 2.28. The number of rotatable bonds is 3. The van der Waals surface area contributed by atoms with Gasteiger partial charge in [0.25, 0.3) is 0 Å². The van der Waals surface area contributed by atoms with Gasteiger partial charge in [-0.05, 0) is 23.2 Å². The number of halogens is 1. The molecule has 1 unspecified atom stereocenters. The summed E-state index contributed by atoms with van der Waals surface area (Å²) in [5.41, 5.74) is 4.75. The summed E-state index contributed by atoms with van der Waals surface area (Å²) in [6.07, 6.45) is 0.445. The maximum absolute atomic E-state index is 13.7. The first kappa shape index (κ1) is 8.68. The second kappa shape index (κ2) is 3.32. The minimum atomic E-state index is -1.31. The Bertz CT molecular complexity index is 204. The SMILES string of the molecule is CCC(F)(CN)c1ccsc1. The van der Waals surface area contributed by atoms with E-state index in [2.05, 4.69) is 0 Å². The molecule has 62 valence electrons. The molecular formula is C8H12FNS. The molecule has 0 spiro atoms. The Morgan fingerprint density at radius 1 is 1.73 bits per heavy atom. The average Bonchev–Trinajstić information content (AvgIpc) is 2.55. The van der Waals surface area contributed by atoms with E-state index in [4.69, 9.17) is 5.73 Å². The van der Waals surface area contributed by atoms with E-state index in [-0.39, 0.29) is 6.54 Å². The zero-order chi connectivity index (χ0) is 8.32. The number of alkyl halides is 1. The molecule has 0 fully saturated rings. The van der Waals surface area contributed by atoms with E-state index in [9.17, 15) is 4.39 Å². The normalized spacial score (nSPS) is 16.3. The Hall–Kier alpha value is -0.410. The maximum Gasteiger partial charge on any atom is 0.148 e. The highest BCUT2D eigenvalue weighted by molar-refractivity contribution is 7.08. The quantitative estimate of drug-likeness (QED) is 0.745. The molecule has 3 heteroatoms. The van der Waals surface area contributed by atoms with Crippen molar-refractivity contribution in [1.29, 1.82) is 0 Å². The summed E-state index contributed by atoms with van der Waals surface area (Å²) in [6.45, 7) is 1.88. The van der Waals surface area contributed by atoms with Gasteiger partial charge in [-0.1, -0.05) is 6.92 Å². The van der Waals surface area contributed by atoms with Crippen LogP contribution in [0.2, 0.25) is 0 Å². The molecule has 0 radical (unpaired) electrons. The van der Waals surface area contributed by atoms with Crippen LogP contribution in [0.15, 0.2) is 16.8 Å². The Balaban J connectivity index is 2.87. The minimum Gasteiger partial charge on any atom is -0.327 e. The van der Waals surface area contributed by atoms with Gasteiger partial charge in [-0.2, -0.15) is 11.3 Å². The van der Waals surface area contributed by atoms with Crippen LogP contribution in [0, 0.1) is 0 Å². The van der Waals surface area contributed by atoms with Crippen molar-refractivity contribution in [2.45, 2.75) is 19.0 Å². The lowest BCUT2D eigenvalue weighted by Crippen LogP contribution is -2.28. The lowest BCUT2D eigenvalue weighted by atomic mass is 9.96. The molecule has 0 saturated heterocycles. The zero-order valence-corrected chi connectivity index (χ0v) is 7.33. The molecule has 0 aliphatic rings. The fraction of sp³-hybridized carbons (Fsp3) is 0.500. The molecule has 0 aliphatic heterocycles. The Morgan fingerprint density at radius 2 is 2.45 bits per heavy atom. The molecule has 0 aromatic carbocycles. The zero-order valence-electron chi connectivity index (χ0n) is 6.51. The highest BCUT2D eigenvalue weighted by Gasteiger charge is 2.27. The van der Waals surface area contributed by atoms with Gasteiger partial charge in [-0.25, -0.2) is 4.39 Å². The van der Waals surface area contributed by atoms with Crippen molar-refractivity contribution in [3.05, 3.63) is 22.4 Å². The summed E-state index contributed by atoms with van der Waals surface area (Å²) < 4.78 is 13.7. The lowest BCUT2D eigenvalue weighted by Gasteiger charge is -2.20. The van der Waals surface area contributed by atoms with Gasteiger partial charge in [0.05, 0.1) is 0 Å². The topological polar surface area (TPSA) is 26.0 Å². The summed E-state index contributed by atoms with van der Waals surface area (Å²) >= 11 is 1.50. The van der Waals surface area contributed by atoms with Gasteiger partial charge >= 0.3 is 0 Å². The fourth-order valence-corrected chi connectivity index (χ4v) is 1.73. The number of thiophene rings is 1. The van der Waals surface area contributed by atoms with Crippen LogP contribution in [0.4, 0.5) is 4.39 Å². The molecule has 11 heavy (non-hydrogen) atoms. The first-order valence-corrected chi connectivity index (χ1v) is 4.59. The summed E-state index contributed by atoms with van der Waals surface area (Å²) in [6, 6.07) is 1.79. The number of hydrogen-bond donors (Lipinski definition) is 1. The van der Waals surface area contributed by atoms with E-state index in [1.54, 1.807) is 6.07 Å². The van der Waals surface area contributed by atoms with Crippen LogP contribution in [-0.2, 0) is 5.67 Å². The van der Waals surface area contributed by atoms with E-state index >= 15 is 0 Å². The van der Waals surface area contributed by atoms with E-state index < -0.39 is 5.67 Å². The second-order valence-corrected chi connectivity index (χ2v) is 3.32. The molecule has 1 nitrogen and oxygen atoms in total. The monoisotopic (exact) mass is 173 g/mol. The molecule has 1 heterocycles. The first-order valence-electron chi connectivity index (χ1n) is 3.64. The van der Waals surface area contributed by atoms with Crippen molar-refractivity contribution >= 4 is 11.3 Å². The second-order valence-electron chi connectivity index (χ2n) is 2.54. The molecule has 0 amide bonds. The average molecular weight is 173 g/mol. The molecule has 0 saturated carbocycles. The van der Waals surface area contributed by atoms with Crippen LogP contribution in [-0.4, -0.2) is 6.54 Å². The van der Waals surface area contributed by atoms with Gasteiger partial charge in [0.15, 0.2) is 0 Å². The highest BCUT2D eigenvalue weighted by Crippen LogP contribution is 2.29. The van der Waals surface area contributed by atoms with Crippen LogP contribution < -0.4 is 5.73 Å². The fourth-order valence-electron chi connectivity index (χ4n) is 0.986. The third kappa shape index (κ3) is 1.60. The number of hydrogen-bond acceptors (Lipinski definition) is 2. The third-order valence-electron chi connectivity index (χ3n) is 1.92. The molecule has 1 rings (SSSR count). The Kier molecular flexibility index (Phi) is 2.62. The van der Waals surface area contributed by atoms with E-state index in [0.717, 1.165) is 0 Å². The van der Waals surface area contributed by atoms with Crippen LogP contribution >= 0.6 is 11.3 Å². The molecule has 1 aromatic rings. The van der Waals surface area contributed by atoms with Crippen molar-refractivity contribution in [2.75, 3.05) is 6.54 Å². The standard InChI is InChI=1S/C8H12FNS/c1-2-8(9,6-10)7-3-4-11-5-7/h3-5H,2,6,10H2,1H3. The predicted molar refractivity (Wildman–Crippen MR) is 46.5 cm³/mol. The van der Waals surface area contributed by atoms with Gasteiger partial charge < -0.3 is 5.73 Å². The largest absolute Gasteiger partial charge is 0.327 e. The van der Waals surface area contributed by atoms with E-state index in [0.29, 0.717) is 12.0 Å². The van der Waals surface area contributed by atoms with Crippen LogP contribution in [0.25, 0.3) is 0 Å². The van der Waals surface area contributed by atoms with E-state index in [1.807, 2.05) is 17.7 Å². The molecule has 1 aromatic heterocycles. The molecule has 0 bridgehead atoms. The maximum atomic E-state index is 13.7. The molecule has 1 atom stereocenters.